The minimum absolute atomic E-state index is 0.267. The first-order valence-electron chi connectivity index (χ1n) is 12.0. The molecule has 1 aromatic rings. The first-order chi connectivity index (χ1) is 15.1. The Hall–Kier alpha value is -1.14. The van der Waals surface area contributed by atoms with Crippen molar-refractivity contribution in [3.8, 4) is 5.75 Å². The van der Waals surface area contributed by atoms with Crippen LogP contribution in [0.1, 0.15) is 107 Å². The second-order valence-corrected chi connectivity index (χ2v) is 9.47. The van der Waals surface area contributed by atoms with Crippen LogP contribution in [0, 0.1) is 0 Å². The van der Waals surface area contributed by atoms with Gasteiger partial charge in [-0.25, -0.2) is 0 Å². The van der Waals surface area contributed by atoms with Crippen LogP contribution in [0.3, 0.4) is 0 Å². The van der Waals surface area contributed by atoms with Crippen molar-refractivity contribution >= 4 is 39.2 Å². The summed E-state index contributed by atoms with van der Waals surface area (Å²) in [5.74, 6) is 0.257. The molecule has 31 heavy (non-hydrogen) atoms. The third-order valence-electron chi connectivity index (χ3n) is 5.45. The van der Waals surface area contributed by atoms with E-state index >= 15 is 0 Å². The number of carbonyl (C=O) groups is 1. The number of hydrogen-bond acceptors (Lipinski definition) is 3. The third-order valence-corrected chi connectivity index (χ3v) is 6.19. The van der Waals surface area contributed by atoms with E-state index in [2.05, 4.69) is 33.5 Å². The van der Waals surface area contributed by atoms with E-state index in [4.69, 9.17) is 17.0 Å². The molecule has 0 aliphatic rings. The van der Waals surface area contributed by atoms with Crippen LogP contribution in [-0.4, -0.2) is 24.7 Å². The fourth-order valence-corrected chi connectivity index (χ4v) is 4.15. The fourth-order valence-electron chi connectivity index (χ4n) is 3.59. The number of ether oxygens (including phenoxy) is 1. The number of methoxy groups -OCH3 is 1. The van der Waals surface area contributed by atoms with E-state index in [1.807, 2.05) is 6.07 Å². The third kappa shape index (κ3) is 13.8. The number of thiocarbonyl (C=S) groups is 1. The lowest BCUT2D eigenvalue weighted by Gasteiger charge is -2.12. The number of nitrogens with one attached hydrogen (secondary N) is 2. The largest absolute Gasteiger partial charge is 0.496 e. The second kappa shape index (κ2) is 18.4. The van der Waals surface area contributed by atoms with Crippen LogP contribution in [0.4, 0.5) is 0 Å². The molecule has 0 aliphatic carbocycles. The highest BCUT2D eigenvalue weighted by molar-refractivity contribution is 9.10. The maximum Gasteiger partial charge on any atom is 0.261 e. The second-order valence-electron chi connectivity index (χ2n) is 8.15. The predicted molar refractivity (Wildman–Crippen MR) is 139 cm³/mol. The molecule has 0 atom stereocenters. The Morgan fingerprint density at radius 1 is 0.903 bits per heavy atom. The molecule has 1 amide bonds. The molecule has 0 saturated heterocycles. The number of amides is 1. The van der Waals surface area contributed by atoms with Crippen LogP contribution in [-0.2, 0) is 0 Å². The summed E-state index contributed by atoms with van der Waals surface area (Å²) in [6, 6.07) is 5.32. The summed E-state index contributed by atoms with van der Waals surface area (Å²) >= 11 is 8.63. The molecule has 4 nitrogen and oxygen atoms in total. The molecule has 176 valence electrons. The molecule has 0 bridgehead atoms. The first-order valence-corrected chi connectivity index (χ1v) is 13.2. The van der Waals surface area contributed by atoms with E-state index in [0.29, 0.717) is 16.4 Å². The summed E-state index contributed by atoms with van der Waals surface area (Å²) in [4.78, 5) is 12.4. The number of unbranched alkanes of at least 4 members (excludes halogenated alkanes) is 13. The van der Waals surface area contributed by atoms with Crippen molar-refractivity contribution in [3.63, 3.8) is 0 Å². The zero-order valence-electron chi connectivity index (χ0n) is 19.4. The SMILES string of the molecule is CCCCCCCCCCCCCCCCNC(=S)NC(=O)c1cc(Br)ccc1OC. The van der Waals surface area contributed by atoms with Crippen LogP contribution in [0.25, 0.3) is 0 Å². The lowest BCUT2D eigenvalue weighted by atomic mass is 10.0. The standard InChI is InChI=1S/C25H41BrN2O2S/c1-3-4-5-6-7-8-9-10-11-12-13-14-15-16-19-27-25(31)28-24(29)22-20-21(26)17-18-23(22)30-2/h17-18,20H,3-16,19H2,1-2H3,(H2,27,28,29,31). The van der Waals surface area contributed by atoms with Gasteiger partial charge in [-0.3, -0.25) is 10.1 Å². The van der Waals surface area contributed by atoms with Gasteiger partial charge in [-0.05, 0) is 36.8 Å². The number of halogens is 1. The monoisotopic (exact) mass is 512 g/mol. The summed E-state index contributed by atoms with van der Waals surface area (Å²) in [6.45, 7) is 3.06. The Balaban J connectivity index is 1.98. The van der Waals surface area contributed by atoms with Gasteiger partial charge in [0.05, 0.1) is 12.7 Å². The minimum Gasteiger partial charge on any atom is -0.496 e. The highest BCUT2D eigenvalue weighted by atomic mass is 79.9. The van der Waals surface area contributed by atoms with Crippen molar-refractivity contribution in [2.75, 3.05) is 13.7 Å². The van der Waals surface area contributed by atoms with Gasteiger partial charge in [0, 0.05) is 11.0 Å². The van der Waals surface area contributed by atoms with E-state index in [-0.39, 0.29) is 5.91 Å². The number of carbonyl (C=O) groups excluding carboxylic acids is 1. The average Bonchev–Trinajstić information content (AvgIpc) is 2.76. The summed E-state index contributed by atoms with van der Waals surface area (Å²) in [7, 11) is 1.55. The molecule has 0 unspecified atom stereocenters. The van der Waals surface area contributed by atoms with E-state index in [0.717, 1.165) is 17.4 Å². The highest BCUT2D eigenvalue weighted by Gasteiger charge is 2.13. The maximum atomic E-state index is 12.4. The highest BCUT2D eigenvalue weighted by Crippen LogP contribution is 2.22. The molecular weight excluding hydrogens is 472 g/mol. The van der Waals surface area contributed by atoms with Gasteiger partial charge < -0.3 is 10.1 Å². The Bertz CT molecular complexity index is 640. The lowest BCUT2D eigenvalue weighted by molar-refractivity contribution is 0.0973. The Morgan fingerprint density at radius 3 is 1.94 bits per heavy atom. The molecule has 0 aromatic heterocycles. The van der Waals surface area contributed by atoms with Gasteiger partial charge in [0.25, 0.3) is 5.91 Å². The van der Waals surface area contributed by atoms with Gasteiger partial charge in [0.15, 0.2) is 5.11 Å². The zero-order valence-corrected chi connectivity index (χ0v) is 21.8. The van der Waals surface area contributed by atoms with Gasteiger partial charge in [0.2, 0.25) is 0 Å². The van der Waals surface area contributed by atoms with Crippen LogP contribution in [0.15, 0.2) is 22.7 Å². The zero-order chi connectivity index (χ0) is 22.7. The number of benzene rings is 1. The van der Waals surface area contributed by atoms with Gasteiger partial charge in [0.1, 0.15) is 5.75 Å². The van der Waals surface area contributed by atoms with Gasteiger partial charge >= 0.3 is 0 Å². The van der Waals surface area contributed by atoms with Crippen molar-refractivity contribution in [2.45, 2.75) is 96.8 Å². The van der Waals surface area contributed by atoms with E-state index < -0.39 is 0 Å². The predicted octanol–water partition coefficient (Wildman–Crippen LogP) is 7.54. The summed E-state index contributed by atoms with van der Waals surface area (Å²) in [5.41, 5.74) is 0.456. The normalized spacial score (nSPS) is 10.7. The molecule has 0 spiro atoms. The summed E-state index contributed by atoms with van der Waals surface area (Å²) < 4.78 is 6.07. The Labute approximate surface area is 203 Å². The van der Waals surface area contributed by atoms with E-state index in [9.17, 15) is 4.79 Å². The van der Waals surface area contributed by atoms with Crippen LogP contribution < -0.4 is 15.4 Å². The molecule has 1 aromatic carbocycles. The fraction of sp³-hybridized carbons (Fsp3) is 0.680. The Morgan fingerprint density at radius 2 is 1.42 bits per heavy atom. The van der Waals surface area contributed by atoms with Crippen molar-refractivity contribution in [1.82, 2.24) is 10.6 Å². The van der Waals surface area contributed by atoms with Gasteiger partial charge in [-0.1, -0.05) is 106 Å². The smallest absolute Gasteiger partial charge is 0.261 e. The van der Waals surface area contributed by atoms with E-state index in [1.165, 1.54) is 83.5 Å². The topological polar surface area (TPSA) is 50.4 Å². The quantitative estimate of drug-likeness (QED) is 0.167. The van der Waals surface area contributed by atoms with Crippen LogP contribution in [0.2, 0.25) is 0 Å². The van der Waals surface area contributed by atoms with Crippen molar-refractivity contribution in [1.29, 1.82) is 0 Å². The average molecular weight is 514 g/mol. The van der Waals surface area contributed by atoms with Crippen LogP contribution in [0.5, 0.6) is 5.75 Å². The number of rotatable bonds is 17. The summed E-state index contributed by atoms with van der Waals surface area (Å²) in [5, 5.41) is 6.22. The van der Waals surface area contributed by atoms with Crippen LogP contribution >= 0.6 is 28.1 Å². The Kier molecular flexibility index (Phi) is 16.6. The minimum atomic E-state index is -0.267. The molecule has 0 fully saturated rings. The van der Waals surface area contributed by atoms with Gasteiger partial charge in [-0.2, -0.15) is 0 Å². The summed E-state index contributed by atoms with van der Waals surface area (Å²) in [6.07, 6.45) is 18.8. The van der Waals surface area contributed by atoms with E-state index in [1.54, 1.807) is 19.2 Å². The first kappa shape index (κ1) is 27.9. The number of hydrogen-bond donors (Lipinski definition) is 2. The van der Waals surface area contributed by atoms with Crippen molar-refractivity contribution < 1.29 is 9.53 Å². The maximum absolute atomic E-state index is 12.4. The molecule has 2 N–H and O–H groups in total. The molecular formula is C25H41BrN2O2S. The molecule has 0 saturated carbocycles. The molecule has 0 aliphatic heterocycles. The molecule has 6 heteroatoms. The van der Waals surface area contributed by atoms with Gasteiger partial charge in [-0.15, -0.1) is 0 Å². The molecule has 1 rings (SSSR count). The van der Waals surface area contributed by atoms with Crippen molar-refractivity contribution in [2.24, 2.45) is 0 Å². The molecule has 0 radical (unpaired) electrons. The molecule has 0 heterocycles. The lowest BCUT2D eigenvalue weighted by Crippen LogP contribution is -2.39. The van der Waals surface area contributed by atoms with Crippen molar-refractivity contribution in [3.05, 3.63) is 28.2 Å².